The van der Waals surface area contributed by atoms with Crippen LogP contribution in [0.3, 0.4) is 0 Å². The number of hydrogen-bond acceptors (Lipinski definition) is 2. The van der Waals surface area contributed by atoms with Crippen LogP contribution < -0.4 is 0 Å². The van der Waals surface area contributed by atoms with Gasteiger partial charge in [-0.1, -0.05) is 0 Å². The summed E-state index contributed by atoms with van der Waals surface area (Å²) in [4.78, 5) is 0. The van der Waals surface area contributed by atoms with Crippen molar-refractivity contribution in [3.8, 4) is 22.6 Å². The van der Waals surface area contributed by atoms with Crippen molar-refractivity contribution in [1.29, 1.82) is 0 Å². The average Bonchev–Trinajstić information content (AvgIpc) is 2.50. The summed E-state index contributed by atoms with van der Waals surface area (Å²) in [6, 6.07) is 0. The van der Waals surface area contributed by atoms with Gasteiger partial charge < -0.3 is 10.2 Å². The number of aromatic hydroxyl groups is 2. The molecule has 2 heteroatoms. The lowest BCUT2D eigenvalue weighted by atomic mass is 9.83. The molecular formula is C20H26O2. The van der Waals surface area contributed by atoms with Gasteiger partial charge in [0.1, 0.15) is 11.5 Å². The van der Waals surface area contributed by atoms with E-state index in [1.807, 2.05) is 41.5 Å². The second kappa shape index (κ2) is 5.35. The molecule has 0 aromatic heterocycles. The molecule has 118 valence electrons. The summed E-state index contributed by atoms with van der Waals surface area (Å²) < 4.78 is 0. The van der Waals surface area contributed by atoms with Gasteiger partial charge >= 0.3 is 0 Å². The van der Waals surface area contributed by atoms with Crippen LogP contribution in [0.15, 0.2) is 0 Å². The van der Waals surface area contributed by atoms with E-state index < -0.39 is 0 Å². The summed E-state index contributed by atoms with van der Waals surface area (Å²) in [6.07, 6.45) is 0. The number of rotatable bonds is 1. The van der Waals surface area contributed by atoms with Crippen molar-refractivity contribution >= 4 is 0 Å². The molecule has 0 radical (unpaired) electrons. The monoisotopic (exact) mass is 298 g/mol. The van der Waals surface area contributed by atoms with Gasteiger partial charge in [0.25, 0.3) is 0 Å². The summed E-state index contributed by atoms with van der Waals surface area (Å²) in [6.45, 7) is 16.1. The van der Waals surface area contributed by atoms with E-state index in [1.54, 1.807) is 0 Å². The minimum absolute atomic E-state index is 0.358. The molecule has 0 aliphatic heterocycles. The molecule has 0 saturated heterocycles. The van der Waals surface area contributed by atoms with Crippen LogP contribution in [0.25, 0.3) is 11.1 Å². The largest absolute Gasteiger partial charge is 0.507 e. The van der Waals surface area contributed by atoms with Crippen molar-refractivity contribution in [3.05, 3.63) is 44.5 Å². The van der Waals surface area contributed by atoms with Crippen molar-refractivity contribution in [2.45, 2.75) is 55.4 Å². The molecular weight excluding hydrogens is 272 g/mol. The Morgan fingerprint density at radius 1 is 0.364 bits per heavy atom. The van der Waals surface area contributed by atoms with Crippen LogP contribution in [0.4, 0.5) is 0 Å². The number of phenols is 2. The Bertz CT molecular complexity index is 658. The normalized spacial score (nSPS) is 11.1. The van der Waals surface area contributed by atoms with E-state index in [0.29, 0.717) is 11.5 Å². The second-order valence-electron chi connectivity index (χ2n) is 6.45. The maximum absolute atomic E-state index is 10.8. The van der Waals surface area contributed by atoms with Gasteiger partial charge in [-0.2, -0.15) is 0 Å². The van der Waals surface area contributed by atoms with Gasteiger partial charge in [0, 0.05) is 5.56 Å². The molecule has 0 heterocycles. The summed E-state index contributed by atoms with van der Waals surface area (Å²) >= 11 is 0. The quantitative estimate of drug-likeness (QED) is 0.756. The molecule has 0 amide bonds. The molecule has 2 nitrogen and oxygen atoms in total. The first-order chi connectivity index (χ1) is 10.1. The lowest BCUT2D eigenvalue weighted by Crippen LogP contribution is -2.02. The van der Waals surface area contributed by atoms with Gasteiger partial charge in [0.15, 0.2) is 0 Å². The fraction of sp³-hybridized carbons (Fsp3) is 0.400. The minimum atomic E-state index is 0.358. The maximum Gasteiger partial charge on any atom is 0.126 e. The number of benzene rings is 2. The number of hydrogen-bond donors (Lipinski definition) is 2. The van der Waals surface area contributed by atoms with Gasteiger partial charge in [-0.3, -0.25) is 0 Å². The Balaban J connectivity index is 3.03. The Hall–Kier alpha value is -1.96. The SMILES string of the molecule is Cc1c(C)c(C)c(-c2c(C)c(C)c(O)c(C)c2C)c(O)c1C. The van der Waals surface area contributed by atoms with E-state index in [9.17, 15) is 10.2 Å². The molecule has 0 aliphatic rings. The second-order valence-corrected chi connectivity index (χ2v) is 6.45. The van der Waals surface area contributed by atoms with Crippen molar-refractivity contribution in [3.63, 3.8) is 0 Å². The third-order valence-corrected chi connectivity index (χ3v) is 5.49. The zero-order chi connectivity index (χ0) is 16.9. The summed E-state index contributed by atoms with van der Waals surface area (Å²) in [5.74, 6) is 0.715. The lowest BCUT2D eigenvalue weighted by molar-refractivity contribution is 0.465. The molecule has 22 heavy (non-hydrogen) atoms. The van der Waals surface area contributed by atoms with Crippen LogP contribution in [-0.4, -0.2) is 10.2 Å². The molecule has 0 atom stereocenters. The van der Waals surface area contributed by atoms with E-state index in [0.717, 1.165) is 50.1 Å². The van der Waals surface area contributed by atoms with Crippen molar-refractivity contribution in [2.75, 3.05) is 0 Å². The van der Waals surface area contributed by atoms with Gasteiger partial charge in [0.2, 0.25) is 0 Å². The van der Waals surface area contributed by atoms with Crippen molar-refractivity contribution in [1.82, 2.24) is 0 Å². The first-order valence-electron chi connectivity index (χ1n) is 7.70. The van der Waals surface area contributed by atoms with E-state index in [1.165, 1.54) is 5.56 Å². The third kappa shape index (κ3) is 2.09. The van der Waals surface area contributed by atoms with Crippen molar-refractivity contribution in [2.24, 2.45) is 0 Å². The highest BCUT2D eigenvalue weighted by Crippen LogP contribution is 2.45. The third-order valence-electron chi connectivity index (χ3n) is 5.49. The highest BCUT2D eigenvalue weighted by molar-refractivity contribution is 5.84. The predicted octanol–water partition coefficient (Wildman–Crippen LogP) is 5.23. The molecule has 2 rings (SSSR count). The molecule has 2 aromatic carbocycles. The van der Waals surface area contributed by atoms with Crippen LogP contribution in [0, 0.1) is 55.4 Å². The molecule has 0 spiro atoms. The molecule has 2 N–H and O–H groups in total. The topological polar surface area (TPSA) is 40.5 Å². The first kappa shape index (κ1) is 16.4. The van der Waals surface area contributed by atoms with E-state index >= 15 is 0 Å². The molecule has 0 aliphatic carbocycles. The lowest BCUT2D eigenvalue weighted by Gasteiger charge is -2.23. The molecule has 2 aromatic rings. The number of phenolic OH excluding ortho intramolecular Hbond substituents is 2. The molecule has 0 fully saturated rings. The van der Waals surface area contributed by atoms with Gasteiger partial charge in [0.05, 0.1) is 0 Å². The van der Waals surface area contributed by atoms with E-state index in [-0.39, 0.29) is 0 Å². The Kier molecular flexibility index (Phi) is 3.99. The van der Waals surface area contributed by atoms with Crippen molar-refractivity contribution < 1.29 is 10.2 Å². The van der Waals surface area contributed by atoms with E-state index in [4.69, 9.17) is 0 Å². The Labute approximate surface area is 133 Å². The van der Waals surface area contributed by atoms with Gasteiger partial charge in [-0.15, -0.1) is 0 Å². The highest BCUT2D eigenvalue weighted by Gasteiger charge is 2.22. The highest BCUT2D eigenvalue weighted by atomic mass is 16.3. The smallest absolute Gasteiger partial charge is 0.126 e. The standard InChI is InChI=1S/C20H26O2/c1-9-10(2)14(6)20(22)18(11(9)3)17-12(4)15(7)19(21)16(8)13(17)5/h21-22H,1-8H3. The molecule has 0 saturated carbocycles. The minimum Gasteiger partial charge on any atom is -0.507 e. The summed E-state index contributed by atoms with van der Waals surface area (Å²) in [5.41, 5.74) is 10.2. The Morgan fingerprint density at radius 3 is 1.14 bits per heavy atom. The average molecular weight is 298 g/mol. The maximum atomic E-state index is 10.8. The molecule has 0 unspecified atom stereocenters. The summed E-state index contributed by atoms with van der Waals surface area (Å²) in [5, 5.41) is 21.0. The van der Waals surface area contributed by atoms with Gasteiger partial charge in [-0.05, 0) is 105 Å². The first-order valence-corrected chi connectivity index (χ1v) is 7.70. The predicted molar refractivity (Wildman–Crippen MR) is 93.1 cm³/mol. The van der Waals surface area contributed by atoms with Crippen LogP contribution in [0.1, 0.15) is 44.5 Å². The van der Waals surface area contributed by atoms with Crippen LogP contribution in [-0.2, 0) is 0 Å². The van der Waals surface area contributed by atoms with Gasteiger partial charge in [-0.25, -0.2) is 0 Å². The Morgan fingerprint density at radius 2 is 0.682 bits per heavy atom. The van der Waals surface area contributed by atoms with Crippen LogP contribution >= 0.6 is 0 Å². The van der Waals surface area contributed by atoms with Crippen LogP contribution in [0.2, 0.25) is 0 Å². The fourth-order valence-electron chi connectivity index (χ4n) is 3.27. The van der Waals surface area contributed by atoms with Crippen LogP contribution in [0.5, 0.6) is 11.5 Å². The molecule has 0 bridgehead atoms. The summed E-state index contributed by atoms with van der Waals surface area (Å²) in [7, 11) is 0. The zero-order valence-corrected chi connectivity index (χ0v) is 14.9. The zero-order valence-electron chi connectivity index (χ0n) is 14.9. The fourth-order valence-corrected chi connectivity index (χ4v) is 3.27. The van der Waals surface area contributed by atoms with E-state index in [2.05, 4.69) is 13.8 Å².